The molecule has 19 heavy (non-hydrogen) atoms. The minimum atomic E-state index is -0.643. The number of amides is 1. The summed E-state index contributed by atoms with van der Waals surface area (Å²) in [7, 11) is 0. The molecule has 3 N–H and O–H groups in total. The largest absolute Gasteiger partial charge is 0.387 e. The zero-order chi connectivity index (χ0) is 13.0. The molecule has 0 bridgehead atoms. The third-order valence-corrected chi connectivity index (χ3v) is 3.31. The molecule has 1 heterocycles. The fourth-order valence-electron chi connectivity index (χ4n) is 2.14. The maximum absolute atomic E-state index is 11.8. The first-order valence-electron chi connectivity index (χ1n) is 6.42. The Labute approximate surface area is 120 Å². The van der Waals surface area contributed by atoms with Gasteiger partial charge in [-0.1, -0.05) is 29.8 Å². The molecule has 1 fully saturated rings. The molecule has 5 heteroatoms. The Morgan fingerprint density at radius 3 is 2.74 bits per heavy atom. The van der Waals surface area contributed by atoms with Crippen molar-refractivity contribution in [3.05, 3.63) is 35.4 Å². The fourth-order valence-corrected chi connectivity index (χ4v) is 2.14. The lowest BCUT2D eigenvalue weighted by atomic mass is 10.1. The van der Waals surface area contributed by atoms with Gasteiger partial charge in [-0.15, -0.1) is 12.4 Å². The van der Waals surface area contributed by atoms with E-state index in [9.17, 15) is 9.90 Å². The number of hydrogen-bond acceptors (Lipinski definition) is 3. The van der Waals surface area contributed by atoms with Crippen LogP contribution in [0, 0.1) is 6.92 Å². The molecule has 1 saturated heterocycles. The van der Waals surface area contributed by atoms with Gasteiger partial charge >= 0.3 is 0 Å². The van der Waals surface area contributed by atoms with Gasteiger partial charge in [0.25, 0.3) is 0 Å². The predicted molar refractivity (Wildman–Crippen MR) is 77.4 cm³/mol. The maximum Gasteiger partial charge on any atom is 0.237 e. The van der Waals surface area contributed by atoms with Crippen molar-refractivity contribution < 1.29 is 9.90 Å². The molecule has 106 valence electrons. The zero-order valence-corrected chi connectivity index (χ0v) is 11.9. The van der Waals surface area contributed by atoms with Gasteiger partial charge in [-0.05, 0) is 31.9 Å². The third kappa shape index (κ3) is 4.49. The van der Waals surface area contributed by atoms with E-state index in [1.165, 1.54) is 0 Å². The Hall–Kier alpha value is -1.10. The topological polar surface area (TPSA) is 61.4 Å². The predicted octanol–water partition coefficient (Wildman–Crippen LogP) is 1.32. The Morgan fingerprint density at radius 2 is 2.16 bits per heavy atom. The number of hydrogen-bond donors (Lipinski definition) is 3. The second-order valence-electron chi connectivity index (χ2n) is 4.82. The van der Waals surface area contributed by atoms with Crippen LogP contribution in [0.4, 0.5) is 0 Å². The molecule has 2 atom stereocenters. The summed E-state index contributed by atoms with van der Waals surface area (Å²) in [5.41, 5.74) is 1.99. The normalized spacial score (nSPS) is 19.6. The first kappa shape index (κ1) is 16.0. The highest BCUT2D eigenvalue weighted by Crippen LogP contribution is 2.13. The van der Waals surface area contributed by atoms with Crippen LogP contribution in [-0.4, -0.2) is 30.1 Å². The maximum atomic E-state index is 11.8. The van der Waals surface area contributed by atoms with Crippen LogP contribution < -0.4 is 10.6 Å². The molecule has 1 aliphatic rings. The first-order chi connectivity index (χ1) is 8.66. The molecule has 1 aromatic carbocycles. The molecule has 0 radical (unpaired) electrons. The van der Waals surface area contributed by atoms with Crippen LogP contribution in [-0.2, 0) is 4.79 Å². The first-order valence-corrected chi connectivity index (χ1v) is 6.42. The fraction of sp³-hybridized carbons (Fsp3) is 0.500. The lowest BCUT2D eigenvalue weighted by Gasteiger charge is -2.15. The summed E-state index contributed by atoms with van der Waals surface area (Å²) in [5, 5.41) is 15.9. The van der Waals surface area contributed by atoms with Crippen molar-refractivity contribution in [2.24, 2.45) is 0 Å². The highest BCUT2D eigenvalue weighted by atomic mass is 35.5. The second kappa shape index (κ2) is 7.48. The van der Waals surface area contributed by atoms with Crippen molar-refractivity contribution in [3.8, 4) is 0 Å². The van der Waals surface area contributed by atoms with Crippen molar-refractivity contribution in [1.29, 1.82) is 0 Å². The molecule has 1 amide bonds. The van der Waals surface area contributed by atoms with E-state index in [1.54, 1.807) is 0 Å². The van der Waals surface area contributed by atoms with E-state index in [2.05, 4.69) is 10.6 Å². The number of benzene rings is 1. The van der Waals surface area contributed by atoms with Gasteiger partial charge in [-0.3, -0.25) is 4.79 Å². The summed E-state index contributed by atoms with van der Waals surface area (Å²) in [6.45, 7) is 3.17. The number of nitrogens with one attached hydrogen (secondary N) is 2. The van der Waals surface area contributed by atoms with E-state index >= 15 is 0 Å². The van der Waals surface area contributed by atoms with Crippen LogP contribution in [0.15, 0.2) is 24.3 Å². The van der Waals surface area contributed by atoms with Gasteiger partial charge in [0.15, 0.2) is 0 Å². The quantitative estimate of drug-likeness (QED) is 0.781. The van der Waals surface area contributed by atoms with Gasteiger partial charge in [0.1, 0.15) is 0 Å². The van der Waals surface area contributed by atoms with E-state index < -0.39 is 6.10 Å². The van der Waals surface area contributed by atoms with Gasteiger partial charge < -0.3 is 15.7 Å². The number of aliphatic hydroxyl groups excluding tert-OH is 1. The molecule has 2 rings (SSSR count). The third-order valence-electron chi connectivity index (χ3n) is 3.31. The van der Waals surface area contributed by atoms with Crippen molar-refractivity contribution in [3.63, 3.8) is 0 Å². The Kier molecular flexibility index (Phi) is 6.28. The van der Waals surface area contributed by atoms with E-state index in [-0.39, 0.29) is 30.9 Å². The van der Waals surface area contributed by atoms with Crippen LogP contribution in [0.3, 0.4) is 0 Å². The highest BCUT2D eigenvalue weighted by Gasteiger charge is 2.22. The molecule has 4 nitrogen and oxygen atoms in total. The van der Waals surface area contributed by atoms with E-state index in [1.807, 2.05) is 31.2 Å². The second-order valence-corrected chi connectivity index (χ2v) is 4.82. The number of carbonyl (C=O) groups is 1. The number of halogens is 1. The van der Waals surface area contributed by atoms with Gasteiger partial charge in [-0.25, -0.2) is 0 Å². The van der Waals surface area contributed by atoms with E-state index in [4.69, 9.17) is 0 Å². The van der Waals surface area contributed by atoms with Crippen molar-refractivity contribution in [1.82, 2.24) is 10.6 Å². The van der Waals surface area contributed by atoms with Crippen LogP contribution in [0.5, 0.6) is 0 Å². The summed E-state index contributed by atoms with van der Waals surface area (Å²) < 4.78 is 0. The lowest BCUT2D eigenvalue weighted by Crippen LogP contribution is -2.41. The zero-order valence-electron chi connectivity index (χ0n) is 11.1. The molecule has 2 unspecified atom stereocenters. The average molecular weight is 285 g/mol. The molecule has 0 aliphatic carbocycles. The Morgan fingerprint density at radius 1 is 1.47 bits per heavy atom. The van der Waals surface area contributed by atoms with Crippen molar-refractivity contribution in [2.45, 2.75) is 31.9 Å². The molecular formula is C14H21ClN2O2. The Balaban J connectivity index is 0.00000180. The van der Waals surface area contributed by atoms with Gasteiger partial charge in [0, 0.05) is 6.54 Å². The van der Waals surface area contributed by atoms with Crippen LogP contribution in [0.1, 0.15) is 30.1 Å². The highest BCUT2D eigenvalue weighted by molar-refractivity contribution is 5.85. The molecular weight excluding hydrogens is 264 g/mol. The minimum absolute atomic E-state index is 0. The standard InChI is InChI=1S/C14H20N2O2.ClH/c1-10-4-6-11(7-5-10)13(17)9-16-14(18)12-3-2-8-15-12;/h4-7,12-13,15,17H,2-3,8-9H2,1H3,(H,16,18);1H. The smallest absolute Gasteiger partial charge is 0.237 e. The molecule has 0 aromatic heterocycles. The molecule has 1 aliphatic heterocycles. The summed E-state index contributed by atoms with van der Waals surface area (Å²) in [4.78, 5) is 11.8. The summed E-state index contributed by atoms with van der Waals surface area (Å²) >= 11 is 0. The van der Waals surface area contributed by atoms with Crippen LogP contribution >= 0.6 is 12.4 Å². The van der Waals surface area contributed by atoms with Crippen molar-refractivity contribution >= 4 is 18.3 Å². The van der Waals surface area contributed by atoms with Crippen molar-refractivity contribution in [2.75, 3.05) is 13.1 Å². The lowest BCUT2D eigenvalue weighted by molar-refractivity contribution is -0.123. The summed E-state index contributed by atoms with van der Waals surface area (Å²) in [6, 6.07) is 7.60. The van der Waals surface area contributed by atoms with Gasteiger partial charge in [-0.2, -0.15) is 0 Å². The number of rotatable bonds is 4. The van der Waals surface area contributed by atoms with E-state index in [0.29, 0.717) is 0 Å². The average Bonchev–Trinajstić information content (AvgIpc) is 2.90. The minimum Gasteiger partial charge on any atom is -0.387 e. The molecule has 1 aromatic rings. The number of aliphatic hydroxyl groups is 1. The van der Waals surface area contributed by atoms with Crippen LogP contribution in [0.25, 0.3) is 0 Å². The number of aryl methyl sites for hydroxylation is 1. The van der Waals surface area contributed by atoms with Gasteiger partial charge in [0.2, 0.25) is 5.91 Å². The number of carbonyl (C=O) groups excluding carboxylic acids is 1. The van der Waals surface area contributed by atoms with Gasteiger partial charge in [0.05, 0.1) is 12.1 Å². The Bertz CT molecular complexity index is 402. The monoisotopic (exact) mass is 284 g/mol. The SMILES string of the molecule is Cc1ccc(C(O)CNC(=O)C2CCCN2)cc1.Cl. The molecule has 0 saturated carbocycles. The summed E-state index contributed by atoms with van der Waals surface area (Å²) in [6.07, 6.45) is 1.28. The van der Waals surface area contributed by atoms with E-state index in [0.717, 1.165) is 30.5 Å². The summed E-state index contributed by atoms with van der Waals surface area (Å²) in [5.74, 6) is -0.0151. The molecule has 0 spiro atoms. The van der Waals surface area contributed by atoms with Crippen LogP contribution in [0.2, 0.25) is 0 Å².